The molecule has 3 aromatic rings. The molecule has 1 heterocycles. The molecule has 19 heavy (non-hydrogen) atoms. The second-order valence-electron chi connectivity index (χ2n) is 3.89. The molecular formula is C14H10ClN3S. The van der Waals surface area contributed by atoms with E-state index in [0.717, 1.165) is 16.4 Å². The lowest BCUT2D eigenvalue weighted by Crippen LogP contribution is -1.89. The minimum atomic E-state index is 0.647. The lowest BCUT2D eigenvalue weighted by Gasteiger charge is -2.00. The normalized spacial score (nSPS) is 10.4. The largest absolute Gasteiger partial charge is 0.330 e. The van der Waals surface area contributed by atoms with Crippen LogP contribution in [0.15, 0.2) is 54.6 Å². The summed E-state index contributed by atoms with van der Waals surface area (Å²) >= 11 is 7.45. The molecule has 0 saturated heterocycles. The fourth-order valence-electron chi connectivity index (χ4n) is 1.67. The number of para-hydroxylation sites is 1. The van der Waals surface area contributed by atoms with E-state index in [2.05, 4.69) is 14.7 Å². The molecule has 0 atom stereocenters. The van der Waals surface area contributed by atoms with Gasteiger partial charge in [-0.25, -0.2) is 0 Å². The van der Waals surface area contributed by atoms with Gasteiger partial charge < -0.3 is 5.32 Å². The molecular weight excluding hydrogens is 278 g/mol. The van der Waals surface area contributed by atoms with Crippen molar-refractivity contribution in [2.24, 2.45) is 0 Å². The van der Waals surface area contributed by atoms with Crippen LogP contribution in [0.5, 0.6) is 0 Å². The Balaban J connectivity index is 1.86. The van der Waals surface area contributed by atoms with Gasteiger partial charge >= 0.3 is 0 Å². The Morgan fingerprint density at radius 1 is 0.947 bits per heavy atom. The van der Waals surface area contributed by atoms with Crippen LogP contribution in [0.4, 0.5) is 10.8 Å². The van der Waals surface area contributed by atoms with Crippen LogP contribution in [0.25, 0.3) is 11.4 Å². The number of aromatic nitrogens is 2. The molecule has 2 aromatic carbocycles. The first-order valence-corrected chi connectivity index (χ1v) is 6.89. The van der Waals surface area contributed by atoms with E-state index in [-0.39, 0.29) is 0 Å². The summed E-state index contributed by atoms with van der Waals surface area (Å²) < 4.78 is 4.33. The molecule has 1 aromatic heterocycles. The van der Waals surface area contributed by atoms with Gasteiger partial charge in [0.2, 0.25) is 5.13 Å². The lowest BCUT2D eigenvalue weighted by atomic mass is 10.2. The van der Waals surface area contributed by atoms with Gasteiger partial charge in [0, 0.05) is 22.8 Å². The average Bonchev–Trinajstić information content (AvgIpc) is 2.89. The third-order valence-electron chi connectivity index (χ3n) is 2.57. The van der Waals surface area contributed by atoms with Gasteiger partial charge in [-0.05, 0) is 24.3 Å². The first kappa shape index (κ1) is 12.1. The van der Waals surface area contributed by atoms with E-state index in [0.29, 0.717) is 10.8 Å². The highest BCUT2D eigenvalue weighted by Gasteiger charge is 2.09. The van der Waals surface area contributed by atoms with Crippen molar-refractivity contribution in [1.82, 2.24) is 9.36 Å². The van der Waals surface area contributed by atoms with E-state index < -0.39 is 0 Å². The van der Waals surface area contributed by atoms with Crippen LogP contribution in [0.1, 0.15) is 0 Å². The first-order valence-electron chi connectivity index (χ1n) is 5.73. The number of halogens is 1. The molecule has 5 heteroatoms. The van der Waals surface area contributed by atoms with Crippen LogP contribution < -0.4 is 5.32 Å². The highest BCUT2D eigenvalue weighted by molar-refractivity contribution is 7.10. The molecule has 0 amide bonds. The van der Waals surface area contributed by atoms with Crippen molar-refractivity contribution in [3.63, 3.8) is 0 Å². The van der Waals surface area contributed by atoms with E-state index in [1.807, 2.05) is 54.6 Å². The fourth-order valence-corrected chi connectivity index (χ4v) is 2.49. The maximum absolute atomic E-state index is 6.13. The topological polar surface area (TPSA) is 37.8 Å². The van der Waals surface area contributed by atoms with E-state index in [1.165, 1.54) is 11.5 Å². The highest BCUT2D eigenvalue weighted by atomic mass is 35.5. The summed E-state index contributed by atoms with van der Waals surface area (Å²) in [5.41, 5.74) is 1.84. The monoisotopic (exact) mass is 287 g/mol. The summed E-state index contributed by atoms with van der Waals surface area (Å²) in [4.78, 5) is 4.45. The summed E-state index contributed by atoms with van der Waals surface area (Å²) in [6.07, 6.45) is 0. The number of anilines is 2. The zero-order valence-electron chi connectivity index (χ0n) is 9.88. The van der Waals surface area contributed by atoms with Gasteiger partial charge in [-0.15, -0.1) is 0 Å². The number of hydrogen-bond donors (Lipinski definition) is 1. The van der Waals surface area contributed by atoms with Crippen LogP contribution in [-0.4, -0.2) is 9.36 Å². The van der Waals surface area contributed by atoms with Gasteiger partial charge in [0.15, 0.2) is 5.82 Å². The zero-order chi connectivity index (χ0) is 13.1. The number of nitrogens with zero attached hydrogens (tertiary/aromatic N) is 2. The molecule has 0 aliphatic rings. The molecule has 0 bridgehead atoms. The maximum Gasteiger partial charge on any atom is 0.207 e. The number of benzene rings is 2. The van der Waals surface area contributed by atoms with Crippen LogP contribution in [0.2, 0.25) is 5.02 Å². The summed E-state index contributed by atoms with van der Waals surface area (Å²) in [5, 5.41) is 4.63. The third-order valence-corrected chi connectivity index (χ3v) is 3.53. The van der Waals surface area contributed by atoms with E-state index in [9.17, 15) is 0 Å². The Morgan fingerprint density at radius 2 is 1.68 bits per heavy atom. The Labute approximate surface area is 120 Å². The van der Waals surface area contributed by atoms with Crippen LogP contribution >= 0.6 is 23.1 Å². The number of rotatable bonds is 3. The van der Waals surface area contributed by atoms with Gasteiger partial charge in [-0.1, -0.05) is 41.9 Å². The molecule has 94 valence electrons. The summed E-state index contributed by atoms with van der Waals surface area (Å²) in [6, 6.07) is 17.4. The van der Waals surface area contributed by atoms with Gasteiger partial charge in [0.25, 0.3) is 0 Å². The zero-order valence-corrected chi connectivity index (χ0v) is 11.4. The van der Waals surface area contributed by atoms with Crippen molar-refractivity contribution in [3.05, 3.63) is 59.6 Å². The summed E-state index contributed by atoms with van der Waals surface area (Å²) in [5.74, 6) is 0.647. The molecule has 0 fully saturated rings. The molecule has 0 aliphatic carbocycles. The Kier molecular flexibility index (Phi) is 3.44. The van der Waals surface area contributed by atoms with E-state index >= 15 is 0 Å². The lowest BCUT2D eigenvalue weighted by molar-refractivity contribution is 1.32. The minimum Gasteiger partial charge on any atom is -0.330 e. The molecule has 0 unspecified atom stereocenters. The smallest absolute Gasteiger partial charge is 0.207 e. The van der Waals surface area contributed by atoms with Crippen LogP contribution in [0, 0.1) is 0 Å². The van der Waals surface area contributed by atoms with E-state index in [4.69, 9.17) is 11.6 Å². The molecule has 3 rings (SSSR count). The van der Waals surface area contributed by atoms with E-state index in [1.54, 1.807) is 0 Å². The van der Waals surface area contributed by atoms with Gasteiger partial charge in [0.05, 0.1) is 5.02 Å². The molecule has 0 saturated carbocycles. The number of hydrogen-bond acceptors (Lipinski definition) is 4. The second kappa shape index (κ2) is 5.38. The van der Waals surface area contributed by atoms with Crippen LogP contribution in [0.3, 0.4) is 0 Å². The van der Waals surface area contributed by atoms with Gasteiger partial charge in [0.1, 0.15) is 0 Å². The van der Waals surface area contributed by atoms with Crippen molar-refractivity contribution < 1.29 is 0 Å². The predicted octanol–water partition coefficient (Wildman–Crippen LogP) is 4.60. The standard InChI is InChI=1S/C14H10ClN3S/c15-12-9-5-4-8-11(12)13-17-14(19-18-13)16-10-6-2-1-3-7-10/h1-9H,(H,16,17,18). The molecule has 0 radical (unpaired) electrons. The Morgan fingerprint density at radius 3 is 2.47 bits per heavy atom. The van der Waals surface area contributed by atoms with Crippen molar-refractivity contribution in [2.45, 2.75) is 0 Å². The minimum absolute atomic E-state index is 0.647. The highest BCUT2D eigenvalue weighted by Crippen LogP contribution is 2.28. The SMILES string of the molecule is Clc1ccccc1-c1nsc(Nc2ccccc2)n1. The molecule has 1 N–H and O–H groups in total. The summed E-state index contributed by atoms with van der Waals surface area (Å²) in [6.45, 7) is 0. The Bertz CT molecular complexity index is 682. The third kappa shape index (κ3) is 2.75. The molecule has 3 nitrogen and oxygen atoms in total. The van der Waals surface area contributed by atoms with Crippen molar-refractivity contribution in [1.29, 1.82) is 0 Å². The molecule has 0 spiro atoms. The van der Waals surface area contributed by atoms with Crippen LogP contribution in [-0.2, 0) is 0 Å². The predicted molar refractivity (Wildman–Crippen MR) is 80.1 cm³/mol. The summed E-state index contributed by atoms with van der Waals surface area (Å²) in [7, 11) is 0. The molecule has 0 aliphatic heterocycles. The first-order chi connectivity index (χ1) is 9.33. The second-order valence-corrected chi connectivity index (χ2v) is 5.05. The fraction of sp³-hybridized carbons (Fsp3) is 0. The van der Waals surface area contributed by atoms with Gasteiger partial charge in [-0.2, -0.15) is 9.36 Å². The van der Waals surface area contributed by atoms with Crippen molar-refractivity contribution >= 4 is 34.0 Å². The maximum atomic E-state index is 6.13. The Hall–Kier alpha value is -1.91. The average molecular weight is 288 g/mol. The quantitative estimate of drug-likeness (QED) is 0.765. The number of nitrogens with one attached hydrogen (secondary N) is 1. The van der Waals surface area contributed by atoms with Crippen molar-refractivity contribution in [2.75, 3.05) is 5.32 Å². The van der Waals surface area contributed by atoms with Gasteiger partial charge in [-0.3, -0.25) is 0 Å². The van der Waals surface area contributed by atoms with Crippen molar-refractivity contribution in [3.8, 4) is 11.4 Å².